The Morgan fingerprint density at radius 2 is 2.00 bits per heavy atom. The van der Waals surface area contributed by atoms with Crippen molar-refractivity contribution in [3.8, 4) is 0 Å². The fraction of sp³-hybridized carbons (Fsp3) is 0.250. The molecule has 1 rings (SSSR count). The molecule has 1 aromatic carbocycles. The number of esters is 1. The van der Waals surface area contributed by atoms with E-state index >= 15 is 0 Å². The summed E-state index contributed by atoms with van der Waals surface area (Å²) in [5.74, 6) is -0.283. The van der Waals surface area contributed by atoms with Crippen molar-refractivity contribution in [2.75, 3.05) is 12.3 Å². The van der Waals surface area contributed by atoms with Gasteiger partial charge in [0.25, 0.3) is 0 Å². The second-order valence-corrected chi connectivity index (χ2v) is 3.21. The summed E-state index contributed by atoms with van der Waals surface area (Å²) in [5, 5.41) is 0. The van der Waals surface area contributed by atoms with Crippen LogP contribution in [0.25, 0.3) is 6.08 Å². The Bertz CT molecular complexity index is 366. The van der Waals surface area contributed by atoms with Crippen LogP contribution in [0.4, 0.5) is 5.69 Å². The van der Waals surface area contributed by atoms with Gasteiger partial charge in [0, 0.05) is 11.3 Å². The second-order valence-electron chi connectivity index (χ2n) is 3.21. The second kappa shape index (κ2) is 5.20. The molecule has 3 nitrogen and oxygen atoms in total. The molecule has 0 fully saturated rings. The molecule has 0 bridgehead atoms. The van der Waals surface area contributed by atoms with Crippen LogP contribution in [0.5, 0.6) is 0 Å². The molecule has 0 atom stereocenters. The van der Waals surface area contributed by atoms with E-state index in [0.29, 0.717) is 17.9 Å². The van der Waals surface area contributed by atoms with Crippen LogP contribution in [0.2, 0.25) is 0 Å². The fourth-order valence-corrected chi connectivity index (χ4v) is 1.15. The molecule has 0 aliphatic rings. The van der Waals surface area contributed by atoms with E-state index in [1.54, 1.807) is 32.1 Å². The molecule has 3 heteroatoms. The summed E-state index contributed by atoms with van der Waals surface area (Å²) < 4.78 is 4.87. The SMILES string of the molecule is CCOC(=O)C(C)=Cc1ccc(N)cc1. The third-order valence-corrected chi connectivity index (χ3v) is 1.92. The van der Waals surface area contributed by atoms with E-state index in [2.05, 4.69) is 0 Å². The van der Waals surface area contributed by atoms with Crippen molar-refractivity contribution in [2.45, 2.75) is 13.8 Å². The van der Waals surface area contributed by atoms with Crippen molar-refractivity contribution in [1.82, 2.24) is 0 Å². The van der Waals surface area contributed by atoms with Crippen LogP contribution in [-0.4, -0.2) is 12.6 Å². The Morgan fingerprint density at radius 3 is 2.53 bits per heavy atom. The maximum atomic E-state index is 11.3. The van der Waals surface area contributed by atoms with E-state index in [4.69, 9.17) is 10.5 Å². The molecule has 0 heterocycles. The number of ether oxygens (including phenoxy) is 1. The Kier molecular flexibility index (Phi) is 3.92. The molecule has 0 radical (unpaired) electrons. The van der Waals surface area contributed by atoms with Crippen molar-refractivity contribution in [3.05, 3.63) is 35.4 Å². The monoisotopic (exact) mass is 205 g/mol. The van der Waals surface area contributed by atoms with Gasteiger partial charge in [-0.1, -0.05) is 12.1 Å². The van der Waals surface area contributed by atoms with Gasteiger partial charge in [0.05, 0.1) is 6.61 Å². The molecule has 0 aromatic heterocycles. The highest BCUT2D eigenvalue weighted by Crippen LogP contribution is 2.10. The van der Waals surface area contributed by atoms with Crippen LogP contribution in [0, 0.1) is 0 Å². The number of carbonyl (C=O) groups is 1. The predicted octanol–water partition coefficient (Wildman–Crippen LogP) is 2.24. The molecule has 0 unspecified atom stereocenters. The third kappa shape index (κ3) is 3.46. The molecule has 0 amide bonds. The zero-order valence-corrected chi connectivity index (χ0v) is 8.99. The number of anilines is 1. The van der Waals surface area contributed by atoms with Gasteiger partial charge in [-0.05, 0) is 37.6 Å². The minimum absolute atomic E-state index is 0.283. The Morgan fingerprint density at radius 1 is 1.40 bits per heavy atom. The lowest BCUT2D eigenvalue weighted by molar-refractivity contribution is -0.138. The topological polar surface area (TPSA) is 52.3 Å². The standard InChI is InChI=1S/C12H15NO2/c1-3-15-12(14)9(2)8-10-4-6-11(13)7-5-10/h4-8H,3,13H2,1-2H3. The molecular weight excluding hydrogens is 190 g/mol. The normalized spacial score (nSPS) is 11.2. The van der Waals surface area contributed by atoms with Gasteiger partial charge in [0.2, 0.25) is 0 Å². The maximum Gasteiger partial charge on any atom is 0.333 e. The lowest BCUT2D eigenvalue weighted by atomic mass is 10.1. The van der Waals surface area contributed by atoms with Gasteiger partial charge in [-0.15, -0.1) is 0 Å². The maximum absolute atomic E-state index is 11.3. The van der Waals surface area contributed by atoms with Gasteiger partial charge >= 0.3 is 5.97 Å². The smallest absolute Gasteiger partial charge is 0.333 e. The van der Waals surface area contributed by atoms with Gasteiger partial charge in [-0.25, -0.2) is 4.79 Å². The van der Waals surface area contributed by atoms with Gasteiger partial charge in [-0.2, -0.15) is 0 Å². The predicted molar refractivity (Wildman–Crippen MR) is 61.1 cm³/mol. The lowest BCUT2D eigenvalue weighted by Crippen LogP contribution is -2.04. The number of nitrogens with two attached hydrogens (primary N) is 1. The van der Waals surface area contributed by atoms with Crippen molar-refractivity contribution >= 4 is 17.7 Å². The summed E-state index contributed by atoms with van der Waals surface area (Å²) in [5.41, 5.74) is 7.79. The quantitative estimate of drug-likeness (QED) is 0.467. The summed E-state index contributed by atoms with van der Waals surface area (Å²) >= 11 is 0. The number of hydrogen-bond acceptors (Lipinski definition) is 3. The Hall–Kier alpha value is -1.77. The zero-order valence-electron chi connectivity index (χ0n) is 8.99. The summed E-state index contributed by atoms with van der Waals surface area (Å²) in [6, 6.07) is 7.31. The van der Waals surface area contributed by atoms with Crippen molar-refractivity contribution < 1.29 is 9.53 Å². The van der Waals surface area contributed by atoms with E-state index in [0.717, 1.165) is 5.56 Å². The molecule has 0 saturated carbocycles. The Labute approximate surface area is 89.5 Å². The summed E-state index contributed by atoms with van der Waals surface area (Å²) in [6.07, 6.45) is 1.78. The molecule has 1 aromatic rings. The summed E-state index contributed by atoms with van der Waals surface area (Å²) in [7, 11) is 0. The zero-order chi connectivity index (χ0) is 11.3. The van der Waals surface area contributed by atoms with Crippen molar-refractivity contribution in [1.29, 1.82) is 0 Å². The number of rotatable bonds is 3. The van der Waals surface area contributed by atoms with E-state index in [-0.39, 0.29) is 5.97 Å². The minimum Gasteiger partial charge on any atom is -0.463 e. The largest absolute Gasteiger partial charge is 0.463 e. The number of benzene rings is 1. The average molecular weight is 205 g/mol. The van der Waals surface area contributed by atoms with Gasteiger partial charge in [0.1, 0.15) is 0 Å². The molecule has 0 aliphatic heterocycles. The van der Waals surface area contributed by atoms with Crippen LogP contribution >= 0.6 is 0 Å². The molecular formula is C12H15NO2. The highest BCUT2D eigenvalue weighted by molar-refractivity contribution is 5.93. The van der Waals surface area contributed by atoms with Crippen LogP contribution in [0.1, 0.15) is 19.4 Å². The highest BCUT2D eigenvalue weighted by atomic mass is 16.5. The fourth-order valence-electron chi connectivity index (χ4n) is 1.15. The van der Waals surface area contributed by atoms with Crippen LogP contribution < -0.4 is 5.73 Å². The lowest BCUT2D eigenvalue weighted by Gasteiger charge is -2.01. The first kappa shape index (κ1) is 11.3. The van der Waals surface area contributed by atoms with Gasteiger partial charge < -0.3 is 10.5 Å². The average Bonchev–Trinajstić information content (AvgIpc) is 2.22. The first-order chi connectivity index (χ1) is 7.13. The first-order valence-electron chi connectivity index (χ1n) is 4.84. The Balaban J connectivity index is 2.78. The van der Waals surface area contributed by atoms with Gasteiger partial charge in [0.15, 0.2) is 0 Å². The van der Waals surface area contributed by atoms with Crippen LogP contribution in [-0.2, 0) is 9.53 Å². The van der Waals surface area contributed by atoms with Crippen LogP contribution in [0.15, 0.2) is 29.8 Å². The van der Waals surface area contributed by atoms with Crippen LogP contribution in [0.3, 0.4) is 0 Å². The third-order valence-electron chi connectivity index (χ3n) is 1.92. The van der Waals surface area contributed by atoms with E-state index in [1.165, 1.54) is 0 Å². The summed E-state index contributed by atoms with van der Waals surface area (Å²) in [4.78, 5) is 11.3. The number of nitrogen functional groups attached to an aromatic ring is 1. The number of hydrogen-bond donors (Lipinski definition) is 1. The van der Waals surface area contributed by atoms with E-state index < -0.39 is 0 Å². The number of carbonyl (C=O) groups excluding carboxylic acids is 1. The summed E-state index contributed by atoms with van der Waals surface area (Å²) in [6.45, 7) is 3.91. The molecule has 2 N–H and O–H groups in total. The van der Waals surface area contributed by atoms with Crippen molar-refractivity contribution in [3.63, 3.8) is 0 Å². The molecule has 0 spiro atoms. The molecule has 0 saturated heterocycles. The molecule has 15 heavy (non-hydrogen) atoms. The minimum atomic E-state index is -0.283. The van der Waals surface area contributed by atoms with Gasteiger partial charge in [-0.3, -0.25) is 0 Å². The molecule has 80 valence electrons. The van der Waals surface area contributed by atoms with E-state index in [1.807, 2.05) is 12.1 Å². The molecule has 0 aliphatic carbocycles. The van der Waals surface area contributed by atoms with E-state index in [9.17, 15) is 4.79 Å². The first-order valence-corrected chi connectivity index (χ1v) is 4.84. The van der Waals surface area contributed by atoms with Crippen molar-refractivity contribution in [2.24, 2.45) is 0 Å². The highest BCUT2D eigenvalue weighted by Gasteiger charge is 2.03.